The smallest absolute Gasteiger partial charge is 0.220 e. The molecule has 2 fully saturated rings. The maximum Gasteiger partial charge on any atom is 0.220 e. The topological polar surface area (TPSA) is 58.4 Å². The number of carbonyl (C=O) groups excluding carboxylic acids is 1. The van der Waals surface area contributed by atoms with Gasteiger partial charge in [-0.3, -0.25) is 4.79 Å². The molecule has 1 aromatic rings. The molecular formula is C22H34ClN3O. The molecule has 1 atom stereocenters. The Morgan fingerprint density at radius 1 is 1.22 bits per heavy atom. The van der Waals surface area contributed by atoms with Crippen molar-refractivity contribution >= 4 is 24.0 Å². The minimum Gasteiger partial charge on any atom is -0.399 e. The quantitative estimate of drug-likeness (QED) is 0.758. The fourth-order valence-corrected chi connectivity index (χ4v) is 5.66. The summed E-state index contributed by atoms with van der Waals surface area (Å²) in [6, 6.07) is 7.18. The van der Waals surface area contributed by atoms with E-state index in [1.165, 1.54) is 69.2 Å². The van der Waals surface area contributed by atoms with E-state index in [1.54, 1.807) is 0 Å². The number of hydrogen-bond acceptors (Lipinski definition) is 3. The lowest BCUT2D eigenvalue weighted by Gasteiger charge is -2.46. The van der Waals surface area contributed by atoms with E-state index in [0.717, 1.165) is 18.2 Å². The molecule has 3 N–H and O–H groups in total. The molecule has 0 radical (unpaired) electrons. The molecule has 4 rings (SSSR count). The zero-order valence-corrected chi connectivity index (χ0v) is 17.3. The van der Waals surface area contributed by atoms with Crippen molar-refractivity contribution in [3.8, 4) is 0 Å². The molecule has 27 heavy (non-hydrogen) atoms. The second-order valence-electron chi connectivity index (χ2n) is 8.68. The number of rotatable bonds is 3. The summed E-state index contributed by atoms with van der Waals surface area (Å²) in [5.74, 6) is 0.164. The van der Waals surface area contributed by atoms with Crippen molar-refractivity contribution in [1.29, 1.82) is 0 Å². The molecule has 4 nitrogen and oxygen atoms in total. The average Bonchev–Trinajstić information content (AvgIpc) is 2.95. The van der Waals surface area contributed by atoms with Gasteiger partial charge in [0, 0.05) is 18.2 Å². The monoisotopic (exact) mass is 391 g/mol. The van der Waals surface area contributed by atoms with Crippen LogP contribution in [0.1, 0.15) is 75.5 Å². The van der Waals surface area contributed by atoms with Crippen LogP contribution in [0.15, 0.2) is 18.2 Å². The van der Waals surface area contributed by atoms with Gasteiger partial charge in [-0.05, 0) is 86.7 Å². The second-order valence-corrected chi connectivity index (χ2v) is 8.68. The fourth-order valence-electron chi connectivity index (χ4n) is 5.66. The van der Waals surface area contributed by atoms with E-state index < -0.39 is 0 Å². The maximum atomic E-state index is 12.2. The lowest BCUT2D eigenvalue weighted by Crippen LogP contribution is -2.46. The first-order valence-corrected chi connectivity index (χ1v) is 10.5. The number of amides is 1. The summed E-state index contributed by atoms with van der Waals surface area (Å²) in [6.07, 6.45) is 10.7. The van der Waals surface area contributed by atoms with E-state index in [2.05, 4.69) is 22.3 Å². The van der Waals surface area contributed by atoms with Crippen LogP contribution < -0.4 is 11.1 Å². The number of nitrogen functional groups attached to an aromatic ring is 1. The molecule has 1 saturated carbocycles. The first-order chi connectivity index (χ1) is 12.6. The molecule has 3 aliphatic rings. The number of anilines is 1. The van der Waals surface area contributed by atoms with Crippen LogP contribution in [-0.2, 0) is 11.2 Å². The van der Waals surface area contributed by atoms with Crippen LogP contribution in [0.25, 0.3) is 0 Å². The third kappa shape index (κ3) is 3.97. The van der Waals surface area contributed by atoms with Gasteiger partial charge in [0.05, 0.1) is 6.04 Å². The minimum atomic E-state index is 0. The number of likely N-dealkylation sites (tertiary alicyclic amines) is 1. The summed E-state index contributed by atoms with van der Waals surface area (Å²) < 4.78 is 0. The highest BCUT2D eigenvalue weighted by Gasteiger charge is 2.48. The predicted octanol–water partition coefficient (Wildman–Crippen LogP) is 4.23. The Hall–Kier alpha value is -1.26. The predicted molar refractivity (Wildman–Crippen MR) is 113 cm³/mol. The molecule has 1 spiro atoms. The van der Waals surface area contributed by atoms with Crippen molar-refractivity contribution in [3.05, 3.63) is 29.3 Å². The SMILES string of the molecule is CCC(=O)NC1c2ccc(N)cc2CC12CCC(N1CCCCC1)CC2.Cl. The third-order valence-corrected chi connectivity index (χ3v) is 7.12. The van der Waals surface area contributed by atoms with Crippen molar-refractivity contribution in [1.82, 2.24) is 10.2 Å². The van der Waals surface area contributed by atoms with E-state index in [1.807, 2.05) is 13.0 Å². The van der Waals surface area contributed by atoms with E-state index in [-0.39, 0.29) is 29.8 Å². The minimum absolute atomic E-state index is 0. The Bertz CT molecular complexity index is 664. The third-order valence-electron chi connectivity index (χ3n) is 7.12. The van der Waals surface area contributed by atoms with Gasteiger partial charge in [0.15, 0.2) is 0 Å². The highest BCUT2D eigenvalue weighted by atomic mass is 35.5. The molecule has 2 aliphatic carbocycles. The molecule has 1 heterocycles. The first-order valence-electron chi connectivity index (χ1n) is 10.5. The molecule has 1 aliphatic heterocycles. The highest BCUT2D eigenvalue weighted by Crippen LogP contribution is 2.54. The number of fused-ring (bicyclic) bond motifs is 1. The maximum absolute atomic E-state index is 12.2. The number of hydrogen-bond donors (Lipinski definition) is 2. The number of carbonyl (C=O) groups is 1. The summed E-state index contributed by atoms with van der Waals surface area (Å²) in [5.41, 5.74) is 9.72. The summed E-state index contributed by atoms with van der Waals surface area (Å²) in [5, 5.41) is 3.37. The summed E-state index contributed by atoms with van der Waals surface area (Å²) in [7, 11) is 0. The van der Waals surface area contributed by atoms with Crippen LogP contribution in [-0.4, -0.2) is 29.9 Å². The summed E-state index contributed by atoms with van der Waals surface area (Å²) in [6.45, 7) is 4.50. The van der Waals surface area contributed by atoms with Gasteiger partial charge >= 0.3 is 0 Å². The number of halogens is 1. The number of benzene rings is 1. The van der Waals surface area contributed by atoms with Crippen molar-refractivity contribution in [3.63, 3.8) is 0 Å². The molecule has 1 amide bonds. The van der Waals surface area contributed by atoms with Crippen LogP contribution in [0.2, 0.25) is 0 Å². The highest BCUT2D eigenvalue weighted by molar-refractivity contribution is 5.85. The van der Waals surface area contributed by atoms with Crippen molar-refractivity contribution < 1.29 is 4.79 Å². The van der Waals surface area contributed by atoms with E-state index in [0.29, 0.717) is 6.42 Å². The van der Waals surface area contributed by atoms with E-state index in [4.69, 9.17) is 5.73 Å². The number of nitrogens with zero attached hydrogens (tertiary/aromatic N) is 1. The van der Waals surface area contributed by atoms with Gasteiger partial charge in [-0.25, -0.2) is 0 Å². The van der Waals surface area contributed by atoms with Gasteiger partial charge in [-0.1, -0.05) is 19.4 Å². The van der Waals surface area contributed by atoms with Crippen LogP contribution >= 0.6 is 12.4 Å². The van der Waals surface area contributed by atoms with Gasteiger partial charge < -0.3 is 16.0 Å². The normalized spacial score (nSPS) is 30.6. The second kappa shape index (κ2) is 8.40. The van der Waals surface area contributed by atoms with Crippen LogP contribution in [0, 0.1) is 5.41 Å². The summed E-state index contributed by atoms with van der Waals surface area (Å²) in [4.78, 5) is 15.0. The number of nitrogens with two attached hydrogens (primary N) is 1. The molecule has 1 saturated heterocycles. The fraction of sp³-hybridized carbons (Fsp3) is 0.682. The lowest BCUT2D eigenvalue weighted by atomic mass is 9.67. The molecular weight excluding hydrogens is 358 g/mol. The average molecular weight is 392 g/mol. The molecule has 0 aromatic heterocycles. The Kier molecular flexibility index (Phi) is 6.37. The van der Waals surface area contributed by atoms with Gasteiger partial charge in [0.1, 0.15) is 0 Å². The standard InChI is InChI=1S/C22H33N3O.ClH/c1-2-20(26)24-21-19-7-6-17(23)14-16(19)15-22(21)10-8-18(9-11-22)25-12-4-3-5-13-25;/h6-7,14,18,21H,2-5,8-13,15,23H2,1H3,(H,24,26);1H. The summed E-state index contributed by atoms with van der Waals surface area (Å²) >= 11 is 0. The molecule has 0 bridgehead atoms. The largest absolute Gasteiger partial charge is 0.399 e. The van der Waals surface area contributed by atoms with Gasteiger partial charge in [-0.15, -0.1) is 12.4 Å². The van der Waals surface area contributed by atoms with Crippen LogP contribution in [0.3, 0.4) is 0 Å². The van der Waals surface area contributed by atoms with E-state index in [9.17, 15) is 4.79 Å². The van der Waals surface area contributed by atoms with E-state index >= 15 is 0 Å². The Morgan fingerprint density at radius 3 is 2.59 bits per heavy atom. The van der Waals surface area contributed by atoms with Gasteiger partial charge in [0.25, 0.3) is 0 Å². The van der Waals surface area contributed by atoms with Crippen molar-refractivity contribution in [2.24, 2.45) is 5.41 Å². The zero-order chi connectivity index (χ0) is 18.1. The Labute approximate surface area is 169 Å². The Balaban J connectivity index is 0.00000210. The number of piperidine rings is 1. The molecule has 1 unspecified atom stereocenters. The zero-order valence-electron chi connectivity index (χ0n) is 16.5. The van der Waals surface area contributed by atoms with Crippen molar-refractivity contribution in [2.75, 3.05) is 18.8 Å². The Morgan fingerprint density at radius 2 is 1.93 bits per heavy atom. The first kappa shape index (κ1) is 20.5. The molecule has 150 valence electrons. The number of nitrogens with one attached hydrogen (secondary N) is 1. The van der Waals surface area contributed by atoms with Crippen molar-refractivity contribution in [2.45, 2.75) is 76.8 Å². The van der Waals surface area contributed by atoms with Crippen LogP contribution in [0.4, 0.5) is 5.69 Å². The van der Waals surface area contributed by atoms with Gasteiger partial charge in [0.2, 0.25) is 5.91 Å². The molecule has 1 aromatic carbocycles. The lowest BCUT2D eigenvalue weighted by molar-refractivity contribution is -0.122. The van der Waals surface area contributed by atoms with Crippen LogP contribution in [0.5, 0.6) is 0 Å². The van der Waals surface area contributed by atoms with Gasteiger partial charge in [-0.2, -0.15) is 0 Å². The molecule has 5 heteroatoms.